The summed E-state index contributed by atoms with van der Waals surface area (Å²) in [6.07, 6.45) is 3.57. The van der Waals surface area contributed by atoms with Crippen molar-refractivity contribution < 1.29 is 0 Å². The maximum atomic E-state index is 4.62. The quantitative estimate of drug-likeness (QED) is 0.556. The first kappa shape index (κ1) is 17.5. The maximum Gasteiger partial charge on any atom is 0.224 e. The van der Waals surface area contributed by atoms with Crippen LogP contribution in [0.15, 0.2) is 85.3 Å². The van der Waals surface area contributed by atoms with E-state index in [1.807, 2.05) is 16.8 Å². The van der Waals surface area contributed by atoms with Crippen LogP contribution < -0.4 is 15.4 Å². The van der Waals surface area contributed by atoms with Crippen molar-refractivity contribution in [2.75, 3.05) is 4.98 Å². The number of hydrogen-bond acceptors (Lipinski definition) is 3. The first-order valence-electron chi connectivity index (χ1n) is 9.20. The third kappa shape index (κ3) is 2.94. The topological polar surface area (TPSA) is 42.2 Å². The number of hydrogen-bond donors (Lipinski definition) is 1. The van der Waals surface area contributed by atoms with Crippen LogP contribution in [0, 0.1) is 0 Å². The monoisotopic (exact) mass is 372 g/mol. The van der Waals surface area contributed by atoms with Crippen LogP contribution in [0.5, 0.6) is 0 Å². The zero-order chi connectivity index (χ0) is 18.9. The minimum atomic E-state index is -2.43. The summed E-state index contributed by atoms with van der Waals surface area (Å²) in [6, 6.07) is 25.7. The summed E-state index contributed by atoms with van der Waals surface area (Å²) in [5.74, 6) is 0.879. The van der Waals surface area contributed by atoms with Crippen molar-refractivity contribution in [2.45, 2.75) is 25.8 Å². The highest BCUT2D eigenvalue weighted by Gasteiger charge is 2.49. The Morgan fingerprint density at radius 2 is 1.41 bits per heavy atom. The Hall–Kier alpha value is -2.92. The van der Waals surface area contributed by atoms with E-state index in [0.717, 1.165) is 11.3 Å². The van der Waals surface area contributed by atoms with Crippen molar-refractivity contribution in [1.29, 1.82) is 0 Å². The molecule has 1 N–H and O–H groups in total. The van der Waals surface area contributed by atoms with E-state index in [0.29, 0.717) is 0 Å². The fourth-order valence-corrected chi connectivity index (χ4v) is 8.54. The summed E-state index contributed by atoms with van der Waals surface area (Å²) in [6.45, 7) is 6.97. The van der Waals surface area contributed by atoms with Gasteiger partial charge in [-0.25, -0.2) is 9.50 Å². The van der Waals surface area contributed by atoms with Crippen molar-refractivity contribution >= 4 is 29.9 Å². The lowest BCUT2D eigenvalue weighted by Crippen LogP contribution is -2.70. The largest absolute Gasteiger partial charge is 0.386 e. The fraction of sp³-hybridized carbons (Fsp3) is 0.182. The van der Waals surface area contributed by atoms with E-state index in [2.05, 4.69) is 103 Å². The second-order valence-electron chi connectivity index (χ2n) is 7.80. The summed E-state index contributed by atoms with van der Waals surface area (Å²) in [5, 5.41) is 7.00. The van der Waals surface area contributed by atoms with Crippen LogP contribution >= 0.6 is 0 Å². The van der Waals surface area contributed by atoms with Crippen molar-refractivity contribution in [1.82, 2.24) is 14.6 Å². The van der Waals surface area contributed by atoms with Gasteiger partial charge in [-0.2, -0.15) is 5.10 Å². The predicted molar refractivity (Wildman–Crippen MR) is 114 cm³/mol. The highest BCUT2D eigenvalue weighted by atomic mass is 28.3. The zero-order valence-corrected chi connectivity index (χ0v) is 16.9. The number of benzene rings is 2. The van der Waals surface area contributed by atoms with Gasteiger partial charge in [0.15, 0.2) is 0 Å². The summed E-state index contributed by atoms with van der Waals surface area (Å²) < 4.78 is 1.87. The molecule has 0 spiro atoms. The Kier molecular flexibility index (Phi) is 4.32. The molecule has 2 aromatic heterocycles. The molecule has 27 heavy (non-hydrogen) atoms. The molecule has 0 radical (unpaired) electrons. The molecule has 4 nitrogen and oxygen atoms in total. The molecule has 0 saturated carbocycles. The Morgan fingerprint density at radius 1 is 0.815 bits per heavy atom. The molecule has 0 aliphatic rings. The smallest absolute Gasteiger partial charge is 0.224 e. The zero-order valence-electron chi connectivity index (χ0n) is 15.9. The first-order valence-corrected chi connectivity index (χ1v) is 11.2. The Balaban J connectivity index is 1.99. The molecule has 2 aromatic carbocycles. The van der Waals surface area contributed by atoms with Crippen LogP contribution in [0.25, 0.3) is 5.52 Å². The summed E-state index contributed by atoms with van der Waals surface area (Å²) >= 11 is 0. The number of rotatable bonds is 4. The van der Waals surface area contributed by atoms with Crippen LogP contribution in [-0.2, 0) is 0 Å². The highest BCUT2D eigenvalue weighted by Crippen LogP contribution is 2.36. The van der Waals surface area contributed by atoms with E-state index in [-0.39, 0.29) is 5.04 Å². The van der Waals surface area contributed by atoms with Crippen LogP contribution in [0.1, 0.15) is 20.8 Å². The number of nitrogens with one attached hydrogen (secondary N) is 1. The van der Waals surface area contributed by atoms with E-state index in [9.17, 15) is 0 Å². The number of aromatic nitrogens is 3. The molecule has 4 aromatic rings. The van der Waals surface area contributed by atoms with Gasteiger partial charge in [0.2, 0.25) is 8.24 Å². The molecule has 0 saturated heterocycles. The standard InChI is InChI=1S/C22H24N4Si/c1-22(2,3)27(18-11-6-4-7-12-18,19-13-8-5-9-14-19)25-21-20-15-10-16-26(20)24-17-23-21/h4-17H,1-3H3,(H,23,24,25). The number of fused-ring (bicyclic) bond motifs is 1. The van der Waals surface area contributed by atoms with Crippen molar-refractivity contribution in [3.8, 4) is 0 Å². The van der Waals surface area contributed by atoms with Gasteiger partial charge in [-0.1, -0.05) is 81.4 Å². The van der Waals surface area contributed by atoms with E-state index in [4.69, 9.17) is 0 Å². The summed E-state index contributed by atoms with van der Waals surface area (Å²) in [7, 11) is -2.43. The predicted octanol–water partition coefficient (Wildman–Crippen LogP) is 3.70. The highest BCUT2D eigenvalue weighted by molar-refractivity contribution is 7.06. The lowest BCUT2D eigenvalue weighted by Gasteiger charge is -2.44. The normalized spacial score (nSPS) is 12.3. The van der Waals surface area contributed by atoms with Crippen molar-refractivity contribution in [3.05, 3.63) is 85.3 Å². The van der Waals surface area contributed by atoms with Crippen molar-refractivity contribution in [3.63, 3.8) is 0 Å². The van der Waals surface area contributed by atoms with Gasteiger partial charge >= 0.3 is 0 Å². The molecule has 0 unspecified atom stereocenters. The fourth-order valence-electron chi connectivity index (χ4n) is 3.88. The van der Waals surface area contributed by atoms with E-state index < -0.39 is 8.24 Å². The summed E-state index contributed by atoms with van der Waals surface area (Å²) in [5.41, 5.74) is 0.991. The van der Waals surface area contributed by atoms with Gasteiger partial charge in [-0.3, -0.25) is 0 Å². The van der Waals surface area contributed by atoms with Gasteiger partial charge < -0.3 is 4.98 Å². The second-order valence-corrected chi connectivity index (χ2v) is 12.2. The summed E-state index contributed by atoms with van der Waals surface area (Å²) in [4.78, 5) is 8.58. The molecule has 0 fully saturated rings. The molecule has 5 heteroatoms. The molecule has 0 bridgehead atoms. The minimum Gasteiger partial charge on any atom is -0.386 e. The average Bonchev–Trinajstić information content (AvgIpc) is 3.16. The minimum absolute atomic E-state index is 0.00421. The SMILES string of the molecule is CC(C)(C)[Si](Nc1ncnn2cccc12)(c1ccccc1)c1ccccc1. The third-order valence-corrected chi connectivity index (χ3v) is 10.4. The lowest BCUT2D eigenvalue weighted by molar-refractivity contribution is 0.733. The molecule has 2 heterocycles. The van der Waals surface area contributed by atoms with Gasteiger partial charge in [-0.05, 0) is 27.5 Å². The van der Waals surface area contributed by atoms with E-state index in [1.54, 1.807) is 6.33 Å². The second kappa shape index (κ2) is 6.67. The molecule has 0 aliphatic heterocycles. The molecule has 136 valence electrons. The Labute approximate surface area is 161 Å². The molecular formula is C22H24N4Si. The maximum absolute atomic E-state index is 4.62. The molecule has 0 aliphatic carbocycles. The Bertz CT molecular complexity index is 997. The third-order valence-electron chi connectivity index (χ3n) is 5.18. The van der Waals surface area contributed by atoms with E-state index >= 15 is 0 Å². The Morgan fingerprint density at radius 3 is 1.96 bits per heavy atom. The van der Waals surface area contributed by atoms with Crippen molar-refractivity contribution in [2.24, 2.45) is 0 Å². The van der Waals surface area contributed by atoms with E-state index in [1.165, 1.54) is 10.4 Å². The van der Waals surface area contributed by atoms with Gasteiger partial charge in [-0.15, -0.1) is 0 Å². The average molecular weight is 373 g/mol. The molecule has 0 atom stereocenters. The molecular weight excluding hydrogens is 348 g/mol. The first-order chi connectivity index (χ1) is 13.0. The van der Waals surface area contributed by atoms with Gasteiger partial charge in [0.1, 0.15) is 17.7 Å². The molecule has 0 amide bonds. The number of nitrogens with zero attached hydrogens (tertiary/aromatic N) is 3. The lowest BCUT2D eigenvalue weighted by atomic mass is 10.2. The number of anilines is 1. The van der Waals surface area contributed by atoms with Gasteiger partial charge in [0.25, 0.3) is 0 Å². The van der Waals surface area contributed by atoms with Crippen LogP contribution in [0.3, 0.4) is 0 Å². The molecule has 4 rings (SSSR count). The van der Waals surface area contributed by atoms with Gasteiger partial charge in [0, 0.05) is 6.20 Å². The van der Waals surface area contributed by atoms with Crippen LogP contribution in [0.2, 0.25) is 5.04 Å². The van der Waals surface area contributed by atoms with Crippen LogP contribution in [-0.4, -0.2) is 22.8 Å². The van der Waals surface area contributed by atoms with Crippen LogP contribution in [0.4, 0.5) is 5.82 Å². The van der Waals surface area contributed by atoms with Gasteiger partial charge in [0.05, 0.1) is 0 Å².